The molecule has 8 heteroatoms. The molecular weight excluding hydrogens is 536 g/mol. The molecule has 0 atom stereocenters. The molecule has 2 aromatic carbocycles. The molecule has 0 bridgehead atoms. The Bertz CT molecular complexity index is 1760. The number of rotatable bonds is 5. The minimum Gasteiger partial charge on any atom is -0.427 e. The molecule has 0 aromatic heterocycles. The normalized spacial score (nSPS) is 16.0. The maximum atomic E-state index is 12.0. The van der Waals surface area contributed by atoms with E-state index in [0.29, 0.717) is 55.1 Å². The van der Waals surface area contributed by atoms with Crippen molar-refractivity contribution in [2.45, 2.75) is 41.5 Å². The van der Waals surface area contributed by atoms with Gasteiger partial charge in [0.2, 0.25) is 0 Å². The van der Waals surface area contributed by atoms with E-state index in [4.69, 9.17) is 18.9 Å². The van der Waals surface area contributed by atoms with Gasteiger partial charge in [0.25, 0.3) is 0 Å². The molecule has 0 aliphatic heterocycles. The average Bonchev–Trinajstić information content (AvgIpc) is 3.14. The maximum Gasteiger partial charge on any atom is 0.308 e. The quantitative estimate of drug-likeness (QED) is 0.402. The fourth-order valence-electron chi connectivity index (χ4n) is 4.67. The largest absolute Gasteiger partial charge is 0.427 e. The lowest BCUT2D eigenvalue weighted by Crippen LogP contribution is -2.29. The summed E-state index contributed by atoms with van der Waals surface area (Å²) in [4.78, 5) is 47.6. The number of hydrogen-bond acceptors (Lipinski definition) is 8. The van der Waals surface area contributed by atoms with Crippen LogP contribution in [0.1, 0.15) is 41.5 Å². The lowest BCUT2D eigenvalue weighted by atomic mass is 10.0. The average molecular weight is 567 g/mol. The van der Waals surface area contributed by atoms with Crippen LogP contribution >= 0.6 is 0 Å². The smallest absolute Gasteiger partial charge is 0.308 e. The molecule has 0 unspecified atom stereocenters. The molecule has 0 saturated carbocycles. The standard InChI is InChI=1S/C34H30O8/c1-7-23-15-29(39-19(3)35)17-27-13-25(9-11-31(27)33(23)41-21(5)37)26-10-12-32-28(14-26)18-30(40-20(4)36)16-24(8-2)34(32)42-22(6)38/h7-18H,1-6H3/b23-7-,24-8+. The molecule has 8 nitrogen and oxygen atoms in total. The molecule has 0 saturated heterocycles. The first-order valence-corrected chi connectivity index (χ1v) is 13.2. The molecule has 0 fully saturated rings. The number of benzene rings is 2. The summed E-state index contributed by atoms with van der Waals surface area (Å²) in [5, 5.41) is 2.61. The zero-order chi connectivity index (χ0) is 30.6. The van der Waals surface area contributed by atoms with Crippen LogP contribution in [0.5, 0.6) is 0 Å². The van der Waals surface area contributed by atoms with Gasteiger partial charge in [-0.2, -0.15) is 0 Å². The lowest BCUT2D eigenvalue weighted by molar-refractivity contribution is -0.137. The van der Waals surface area contributed by atoms with Crippen LogP contribution in [-0.4, -0.2) is 23.9 Å². The summed E-state index contributed by atoms with van der Waals surface area (Å²) in [6.45, 7) is 8.87. The number of hydrogen-bond donors (Lipinski definition) is 0. The second-order valence-corrected chi connectivity index (χ2v) is 9.51. The molecule has 0 spiro atoms. The highest BCUT2D eigenvalue weighted by Gasteiger charge is 2.17. The Hall–Kier alpha value is -5.24. The third-order valence-corrected chi connectivity index (χ3v) is 6.28. The van der Waals surface area contributed by atoms with E-state index in [9.17, 15) is 19.2 Å². The van der Waals surface area contributed by atoms with Crippen molar-refractivity contribution in [1.82, 2.24) is 0 Å². The Morgan fingerprint density at radius 3 is 1.19 bits per heavy atom. The van der Waals surface area contributed by atoms with Gasteiger partial charge in [0.15, 0.2) is 0 Å². The van der Waals surface area contributed by atoms with Crippen LogP contribution in [0.4, 0.5) is 0 Å². The van der Waals surface area contributed by atoms with Crippen LogP contribution in [0.2, 0.25) is 0 Å². The van der Waals surface area contributed by atoms with Crippen molar-refractivity contribution in [2.24, 2.45) is 0 Å². The molecule has 0 heterocycles. The minimum atomic E-state index is -0.486. The molecule has 2 aliphatic carbocycles. The van der Waals surface area contributed by atoms with Gasteiger partial charge in [0, 0.05) is 49.3 Å². The van der Waals surface area contributed by atoms with E-state index in [1.807, 2.05) is 36.4 Å². The van der Waals surface area contributed by atoms with Gasteiger partial charge in [-0.15, -0.1) is 0 Å². The second kappa shape index (κ2) is 12.5. The van der Waals surface area contributed by atoms with Crippen molar-refractivity contribution in [3.8, 4) is 11.1 Å². The van der Waals surface area contributed by atoms with E-state index < -0.39 is 23.9 Å². The summed E-state index contributed by atoms with van der Waals surface area (Å²) in [5.74, 6) is -0.667. The number of carbonyl (C=O) groups is 4. The predicted molar refractivity (Wildman–Crippen MR) is 157 cm³/mol. The highest BCUT2D eigenvalue weighted by atomic mass is 16.5. The first-order chi connectivity index (χ1) is 20.0. The van der Waals surface area contributed by atoms with Crippen molar-refractivity contribution in [2.75, 3.05) is 0 Å². The molecule has 214 valence electrons. The molecule has 0 N–H and O–H groups in total. The molecule has 4 rings (SSSR count). The summed E-state index contributed by atoms with van der Waals surface area (Å²) in [6.07, 6.45) is 10.2. The predicted octanol–water partition coefficient (Wildman–Crippen LogP) is 3.07. The van der Waals surface area contributed by atoms with Crippen LogP contribution < -0.4 is 20.9 Å². The van der Waals surface area contributed by atoms with E-state index in [0.717, 1.165) is 11.1 Å². The van der Waals surface area contributed by atoms with Crippen LogP contribution in [-0.2, 0) is 38.1 Å². The first-order valence-electron chi connectivity index (χ1n) is 13.2. The molecule has 42 heavy (non-hydrogen) atoms. The van der Waals surface area contributed by atoms with Gasteiger partial charge in [-0.1, -0.05) is 24.3 Å². The zero-order valence-corrected chi connectivity index (χ0v) is 24.2. The highest BCUT2D eigenvalue weighted by Crippen LogP contribution is 2.22. The third-order valence-electron chi connectivity index (χ3n) is 6.28. The SMILES string of the molecule is C/C=C1/C=C(OC(C)=O)C=c2cc(-c3ccc4c(c3)=CC(OC(C)=O)=C/C(=C\C)C=4OC(C)=O)ccc2=C1OC(C)=O. The number of carbonyl (C=O) groups excluding carboxylic acids is 4. The topological polar surface area (TPSA) is 105 Å². The van der Waals surface area contributed by atoms with Crippen LogP contribution in [0.15, 0.2) is 83.4 Å². The van der Waals surface area contributed by atoms with Gasteiger partial charge in [0.05, 0.1) is 0 Å². The summed E-state index contributed by atoms with van der Waals surface area (Å²) < 4.78 is 22.0. The van der Waals surface area contributed by atoms with E-state index in [1.54, 1.807) is 50.3 Å². The lowest BCUT2D eigenvalue weighted by Gasteiger charge is -2.10. The Balaban J connectivity index is 2.00. The van der Waals surface area contributed by atoms with E-state index in [-0.39, 0.29) is 0 Å². The van der Waals surface area contributed by atoms with Crippen molar-refractivity contribution >= 4 is 47.5 Å². The van der Waals surface area contributed by atoms with Crippen molar-refractivity contribution < 1.29 is 38.1 Å². The van der Waals surface area contributed by atoms with E-state index in [2.05, 4.69) is 0 Å². The van der Waals surface area contributed by atoms with Gasteiger partial charge in [-0.3, -0.25) is 19.2 Å². The molecule has 0 amide bonds. The Kier molecular flexibility index (Phi) is 8.86. The first kappa shape index (κ1) is 29.7. The second-order valence-electron chi connectivity index (χ2n) is 9.51. The molecule has 0 radical (unpaired) electrons. The van der Waals surface area contributed by atoms with Crippen molar-refractivity contribution in [3.05, 3.63) is 104 Å². The Morgan fingerprint density at radius 1 is 0.524 bits per heavy atom. The fraction of sp³-hybridized carbons (Fsp3) is 0.176. The highest BCUT2D eigenvalue weighted by molar-refractivity contribution is 5.82. The van der Waals surface area contributed by atoms with Crippen LogP contribution in [0.25, 0.3) is 34.8 Å². The molecule has 2 aliphatic rings. The summed E-state index contributed by atoms with van der Waals surface area (Å²) in [6, 6.07) is 11.2. The van der Waals surface area contributed by atoms with Crippen LogP contribution in [0, 0.1) is 0 Å². The van der Waals surface area contributed by atoms with E-state index >= 15 is 0 Å². The molecular formula is C34H30O8. The minimum absolute atomic E-state index is 0.294. The van der Waals surface area contributed by atoms with Gasteiger partial charge < -0.3 is 18.9 Å². The number of allylic oxidation sites excluding steroid dienone is 4. The maximum absolute atomic E-state index is 12.0. The van der Waals surface area contributed by atoms with Crippen molar-refractivity contribution in [1.29, 1.82) is 0 Å². The number of ether oxygens (including phenoxy) is 4. The van der Waals surface area contributed by atoms with Gasteiger partial charge >= 0.3 is 23.9 Å². The fourth-order valence-corrected chi connectivity index (χ4v) is 4.67. The Morgan fingerprint density at radius 2 is 0.881 bits per heavy atom. The summed E-state index contributed by atoms with van der Waals surface area (Å²) in [7, 11) is 0. The zero-order valence-electron chi connectivity index (χ0n) is 24.2. The monoisotopic (exact) mass is 566 g/mol. The third kappa shape index (κ3) is 6.72. The molecule has 2 aromatic rings. The van der Waals surface area contributed by atoms with Crippen LogP contribution in [0.3, 0.4) is 0 Å². The number of fused-ring (bicyclic) bond motifs is 2. The summed E-state index contributed by atoms with van der Waals surface area (Å²) >= 11 is 0. The Labute approximate surface area is 242 Å². The van der Waals surface area contributed by atoms with E-state index in [1.165, 1.54) is 27.7 Å². The van der Waals surface area contributed by atoms with Gasteiger partial charge in [-0.05, 0) is 84.0 Å². The van der Waals surface area contributed by atoms with Crippen molar-refractivity contribution in [3.63, 3.8) is 0 Å². The van der Waals surface area contributed by atoms with Gasteiger partial charge in [-0.25, -0.2) is 0 Å². The number of esters is 4. The summed E-state index contributed by atoms with van der Waals surface area (Å²) in [5.41, 5.74) is 2.78. The van der Waals surface area contributed by atoms with Gasteiger partial charge in [0.1, 0.15) is 23.0 Å².